The van der Waals surface area contributed by atoms with Gasteiger partial charge in [-0.1, -0.05) is 36.4 Å². The van der Waals surface area contributed by atoms with E-state index in [0.29, 0.717) is 11.2 Å². The van der Waals surface area contributed by atoms with Crippen LogP contribution in [0.4, 0.5) is 5.95 Å². The number of nitrogens with one attached hydrogen (secondary N) is 1. The number of anilines is 1. The first-order valence-electron chi connectivity index (χ1n) is 7.18. The Morgan fingerprint density at radius 1 is 1.00 bits per heavy atom. The van der Waals surface area contributed by atoms with Crippen LogP contribution in [0.15, 0.2) is 54.6 Å². The number of aromatic nitrogens is 4. The molecule has 0 atom stereocenters. The van der Waals surface area contributed by atoms with Crippen LogP contribution in [0.5, 0.6) is 0 Å². The molecular formula is C17H13N5O. The van der Waals surface area contributed by atoms with Gasteiger partial charge in [-0.2, -0.15) is 4.98 Å². The number of para-hydroxylation sites is 1. The van der Waals surface area contributed by atoms with Gasteiger partial charge in [0, 0.05) is 18.0 Å². The van der Waals surface area contributed by atoms with Crippen molar-refractivity contribution in [2.45, 2.75) is 0 Å². The summed E-state index contributed by atoms with van der Waals surface area (Å²) in [5, 5.41) is 11.9. The second-order valence-corrected chi connectivity index (χ2v) is 5.20. The lowest BCUT2D eigenvalue weighted by molar-refractivity contribution is 0.102. The zero-order valence-corrected chi connectivity index (χ0v) is 12.4. The zero-order valence-electron chi connectivity index (χ0n) is 12.4. The van der Waals surface area contributed by atoms with Crippen molar-refractivity contribution in [2.75, 3.05) is 5.32 Å². The quantitative estimate of drug-likeness (QED) is 0.618. The number of benzene rings is 2. The summed E-state index contributed by atoms with van der Waals surface area (Å²) in [4.78, 5) is 16.6. The van der Waals surface area contributed by atoms with E-state index in [0.717, 1.165) is 16.4 Å². The Balaban J connectivity index is 1.76. The fraction of sp³-hybridized carbons (Fsp3) is 0.0588. The number of aryl methyl sites for hydroxylation is 1. The molecule has 0 spiro atoms. The maximum atomic E-state index is 12.2. The molecule has 0 fully saturated rings. The molecule has 0 bridgehead atoms. The highest BCUT2D eigenvalue weighted by Gasteiger charge is 2.13. The number of nitrogens with zero attached hydrogens (tertiary/aromatic N) is 4. The van der Waals surface area contributed by atoms with Gasteiger partial charge in [-0.05, 0) is 18.2 Å². The molecule has 112 valence electrons. The third-order valence-corrected chi connectivity index (χ3v) is 3.77. The molecule has 2 heterocycles. The van der Waals surface area contributed by atoms with E-state index in [4.69, 9.17) is 0 Å². The van der Waals surface area contributed by atoms with Gasteiger partial charge in [0.15, 0.2) is 5.65 Å². The number of carbonyl (C=O) groups is 1. The van der Waals surface area contributed by atoms with E-state index in [2.05, 4.69) is 20.5 Å². The standard InChI is InChI=1S/C17H13N5O/c1-22-13-10-6-5-9-12(13)14-15(22)18-17(21-20-14)19-16(23)11-7-3-2-4-8-11/h2-10H,1H3,(H,18,19,21,23). The molecule has 4 rings (SSSR count). The highest BCUT2D eigenvalue weighted by atomic mass is 16.1. The van der Waals surface area contributed by atoms with Crippen molar-refractivity contribution < 1.29 is 4.79 Å². The molecule has 4 aromatic rings. The Hall–Kier alpha value is -3.28. The summed E-state index contributed by atoms with van der Waals surface area (Å²) in [5.74, 6) is -0.0669. The molecule has 1 N–H and O–H groups in total. The molecule has 6 heteroatoms. The highest BCUT2D eigenvalue weighted by molar-refractivity contribution is 6.05. The molecule has 0 saturated carbocycles. The lowest BCUT2D eigenvalue weighted by Gasteiger charge is -2.03. The van der Waals surface area contributed by atoms with Crippen molar-refractivity contribution in [2.24, 2.45) is 7.05 Å². The number of hydrogen-bond donors (Lipinski definition) is 1. The van der Waals surface area contributed by atoms with Crippen LogP contribution in [0, 0.1) is 0 Å². The van der Waals surface area contributed by atoms with Crippen LogP contribution < -0.4 is 5.32 Å². The Labute approximate surface area is 131 Å². The van der Waals surface area contributed by atoms with Gasteiger partial charge >= 0.3 is 0 Å². The van der Waals surface area contributed by atoms with Gasteiger partial charge in [-0.3, -0.25) is 10.1 Å². The van der Waals surface area contributed by atoms with Crippen LogP contribution in [0.1, 0.15) is 10.4 Å². The van der Waals surface area contributed by atoms with Crippen LogP contribution in [0.25, 0.3) is 22.1 Å². The molecule has 6 nitrogen and oxygen atoms in total. The average Bonchev–Trinajstić information content (AvgIpc) is 2.89. The Kier molecular flexibility index (Phi) is 3.01. The predicted octanol–water partition coefficient (Wildman–Crippen LogP) is 2.77. The second-order valence-electron chi connectivity index (χ2n) is 5.20. The highest BCUT2D eigenvalue weighted by Crippen LogP contribution is 2.24. The molecule has 0 unspecified atom stereocenters. The average molecular weight is 303 g/mol. The molecule has 1 amide bonds. The SMILES string of the molecule is Cn1c2ccccc2c2nnc(NC(=O)c3ccccc3)nc21. The molecule has 0 aliphatic carbocycles. The maximum Gasteiger partial charge on any atom is 0.258 e. The topological polar surface area (TPSA) is 72.7 Å². The largest absolute Gasteiger partial charge is 0.327 e. The van der Waals surface area contributed by atoms with E-state index in [1.807, 2.05) is 41.9 Å². The molecule has 2 aromatic heterocycles. The zero-order chi connectivity index (χ0) is 15.8. The van der Waals surface area contributed by atoms with Crippen molar-refractivity contribution in [1.82, 2.24) is 19.7 Å². The van der Waals surface area contributed by atoms with Gasteiger partial charge < -0.3 is 4.57 Å². The van der Waals surface area contributed by atoms with E-state index in [1.54, 1.807) is 24.3 Å². The molecule has 0 radical (unpaired) electrons. The lowest BCUT2D eigenvalue weighted by atomic mass is 10.2. The van der Waals surface area contributed by atoms with Crippen molar-refractivity contribution in [3.05, 3.63) is 60.2 Å². The van der Waals surface area contributed by atoms with Gasteiger partial charge in [0.05, 0.1) is 5.52 Å². The summed E-state index contributed by atoms with van der Waals surface area (Å²) in [7, 11) is 1.92. The van der Waals surface area contributed by atoms with Crippen molar-refractivity contribution in [3.8, 4) is 0 Å². The Morgan fingerprint density at radius 3 is 2.57 bits per heavy atom. The van der Waals surface area contributed by atoms with Crippen molar-refractivity contribution in [3.63, 3.8) is 0 Å². The third kappa shape index (κ3) is 2.20. The fourth-order valence-corrected chi connectivity index (χ4v) is 2.62. The number of rotatable bonds is 2. The van der Waals surface area contributed by atoms with Gasteiger partial charge in [0.1, 0.15) is 5.52 Å². The molecule has 0 aliphatic rings. The van der Waals surface area contributed by atoms with E-state index in [9.17, 15) is 4.79 Å². The predicted molar refractivity (Wildman–Crippen MR) is 88.2 cm³/mol. The van der Waals surface area contributed by atoms with Crippen LogP contribution in [-0.2, 0) is 7.05 Å². The third-order valence-electron chi connectivity index (χ3n) is 3.77. The van der Waals surface area contributed by atoms with Crippen molar-refractivity contribution in [1.29, 1.82) is 0 Å². The normalized spacial score (nSPS) is 11.0. The second kappa shape index (κ2) is 5.17. The minimum absolute atomic E-state index is 0.192. The van der Waals surface area contributed by atoms with E-state index in [-0.39, 0.29) is 11.9 Å². The van der Waals surface area contributed by atoms with Crippen LogP contribution in [0.2, 0.25) is 0 Å². The summed E-state index contributed by atoms with van der Waals surface area (Å²) < 4.78 is 1.94. The molecular weight excluding hydrogens is 290 g/mol. The summed E-state index contributed by atoms with van der Waals surface area (Å²) in [6.45, 7) is 0. The number of fused-ring (bicyclic) bond motifs is 3. The molecule has 2 aromatic carbocycles. The lowest BCUT2D eigenvalue weighted by Crippen LogP contribution is -2.14. The van der Waals surface area contributed by atoms with E-state index < -0.39 is 0 Å². The number of hydrogen-bond acceptors (Lipinski definition) is 4. The van der Waals surface area contributed by atoms with Gasteiger partial charge in [-0.25, -0.2) is 0 Å². The summed E-state index contributed by atoms with van der Waals surface area (Å²) in [5.41, 5.74) is 2.98. The smallest absolute Gasteiger partial charge is 0.258 e. The summed E-state index contributed by atoms with van der Waals surface area (Å²) >= 11 is 0. The number of amides is 1. The maximum absolute atomic E-state index is 12.2. The summed E-state index contributed by atoms with van der Waals surface area (Å²) in [6.07, 6.45) is 0. The van der Waals surface area contributed by atoms with Gasteiger partial charge in [0.2, 0.25) is 0 Å². The number of carbonyl (C=O) groups excluding carboxylic acids is 1. The van der Waals surface area contributed by atoms with Crippen LogP contribution in [0.3, 0.4) is 0 Å². The van der Waals surface area contributed by atoms with E-state index >= 15 is 0 Å². The van der Waals surface area contributed by atoms with Gasteiger partial charge in [0.25, 0.3) is 11.9 Å². The minimum atomic E-state index is -0.259. The minimum Gasteiger partial charge on any atom is -0.327 e. The first-order chi connectivity index (χ1) is 11.2. The van der Waals surface area contributed by atoms with Crippen LogP contribution >= 0.6 is 0 Å². The monoisotopic (exact) mass is 303 g/mol. The Bertz CT molecular complexity index is 1020. The Morgan fingerprint density at radius 2 is 1.74 bits per heavy atom. The first kappa shape index (κ1) is 13.4. The first-order valence-corrected chi connectivity index (χ1v) is 7.18. The molecule has 0 aliphatic heterocycles. The van der Waals surface area contributed by atoms with Crippen LogP contribution in [-0.4, -0.2) is 25.7 Å². The van der Waals surface area contributed by atoms with Crippen molar-refractivity contribution >= 4 is 33.9 Å². The fourth-order valence-electron chi connectivity index (χ4n) is 2.62. The molecule has 0 saturated heterocycles. The molecule has 23 heavy (non-hydrogen) atoms. The van der Waals surface area contributed by atoms with Gasteiger partial charge in [-0.15, -0.1) is 10.2 Å². The van der Waals surface area contributed by atoms with E-state index in [1.165, 1.54) is 0 Å². The summed E-state index contributed by atoms with van der Waals surface area (Å²) in [6, 6.07) is 16.8.